The molecule has 0 saturated carbocycles. The van der Waals surface area contributed by atoms with Gasteiger partial charge in [0.2, 0.25) is 0 Å². The van der Waals surface area contributed by atoms with Gasteiger partial charge in [-0.3, -0.25) is 0 Å². The Bertz CT molecular complexity index is 304. The molecule has 0 aliphatic heterocycles. The highest BCUT2D eigenvalue weighted by atomic mass is 14.5. The Morgan fingerprint density at radius 2 is 1.86 bits per heavy atom. The maximum absolute atomic E-state index is 5.70. The molecule has 0 aromatic heterocycles. The molecule has 1 aromatic carbocycles. The fraction of sp³-hybridized carbons (Fsp3) is 0.538. The van der Waals surface area contributed by atoms with Crippen molar-refractivity contribution in [2.24, 2.45) is 11.7 Å². The van der Waals surface area contributed by atoms with Gasteiger partial charge in [0.1, 0.15) is 0 Å². The topological polar surface area (TPSA) is 26.0 Å². The van der Waals surface area contributed by atoms with Crippen LogP contribution in [0.1, 0.15) is 36.5 Å². The number of hydrogen-bond donors (Lipinski definition) is 1. The van der Waals surface area contributed by atoms with Gasteiger partial charge in [0, 0.05) is 0 Å². The van der Waals surface area contributed by atoms with E-state index >= 15 is 0 Å². The highest BCUT2D eigenvalue weighted by molar-refractivity contribution is 5.33. The molecule has 0 bridgehead atoms. The summed E-state index contributed by atoms with van der Waals surface area (Å²) in [6.45, 7) is 9.55. The van der Waals surface area contributed by atoms with Crippen molar-refractivity contribution in [1.29, 1.82) is 0 Å². The minimum absolute atomic E-state index is 0.551. The molecule has 78 valence electrons. The molecule has 0 amide bonds. The van der Waals surface area contributed by atoms with Crippen LogP contribution in [0.15, 0.2) is 18.2 Å². The van der Waals surface area contributed by atoms with E-state index in [0.29, 0.717) is 11.8 Å². The Balaban J connectivity index is 2.99. The maximum atomic E-state index is 5.70. The van der Waals surface area contributed by atoms with Gasteiger partial charge >= 0.3 is 0 Å². The summed E-state index contributed by atoms with van der Waals surface area (Å²) in [6.07, 6.45) is 0. The van der Waals surface area contributed by atoms with Crippen molar-refractivity contribution >= 4 is 0 Å². The Morgan fingerprint density at radius 1 is 1.21 bits per heavy atom. The van der Waals surface area contributed by atoms with Crippen LogP contribution in [-0.4, -0.2) is 6.54 Å². The lowest BCUT2D eigenvalue weighted by Gasteiger charge is -2.21. The van der Waals surface area contributed by atoms with E-state index in [1.54, 1.807) is 0 Å². The van der Waals surface area contributed by atoms with Crippen LogP contribution in [0, 0.1) is 19.8 Å². The number of rotatable bonds is 3. The maximum Gasteiger partial charge on any atom is -0.00458 e. The molecule has 1 aromatic rings. The second kappa shape index (κ2) is 4.61. The molecule has 1 nitrogen and oxygen atoms in total. The van der Waals surface area contributed by atoms with E-state index in [1.165, 1.54) is 16.7 Å². The minimum Gasteiger partial charge on any atom is -0.330 e. The van der Waals surface area contributed by atoms with Crippen LogP contribution in [0.4, 0.5) is 0 Å². The second-order valence-corrected chi connectivity index (χ2v) is 4.36. The summed E-state index contributed by atoms with van der Waals surface area (Å²) < 4.78 is 0. The molecule has 0 heterocycles. The zero-order valence-electron chi connectivity index (χ0n) is 9.67. The summed E-state index contributed by atoms with van der Waals surface area (Å²) in [7, 11) is 0. The number of hydrogen-bond acceptors (Lipinski definition) is 1. The first-order valence-corrected chi connectivity index (χ1v) is 5.33. The first-order chi connectivity index (χ1) is 6.56. The van der Waals surface area contributed by atoms with Gasteiger partial charge in [-0.2, -0.15) is 0 Å². The molecule has 2 N–H and O–H groups in total. The van der Waals surface area contributed by atoms with Crippen LogP contribution >= 0.6 is 0 Å². The van der Waals surface area contributed by atoms with Crippen LogP contribution in [0.3, 0.4) is 0 Å². The third kappa shape index (κ3) is 2.36. The van der Waals surface area contributed by atoms with Gasteiger partial charge in [-0.1, -0.05) is 37.6 Å². The monoisotopic (exact) mass is 191 g/mol. The second-order valence-electron chi connectivity index (χ2n) is 4.36. The van der Waals surface area contributed by atoms with E-state index < -0.39 is 0 Å². The normalized spacial score (nSPS) is 15.2. The first-order valence-electron chi connectivity index (χ1n) is 5.33. The van der Waals surface area contributed by atoms with Gasteiger partial charge in [0.05, 0.1) is 0 Å². The highest BCUT2D eigenvalue weighted by Gasteiger charge is 2.14. The zero-order chi connectivity index (χ0) is 10.7. The van der Waals surface area contributed by atoms with E-state index in [-0.39, 0.29) is 0 Å². The molecule has 0 fully saturated rings. The van der Waals surface area contributed by atoms with Crippen LogP contribution in [0.25, 0.3) is 0 Å². The van der Waals surface area contributed by atoms with E-state index in [2.05, 4.69) is 45.9 Å². The van der Waals surface area contributed by atoms with Crippen molar-refractivity contribution in [2.45, 2.75) is 33.6 Å². The summed E-state index contributed by atoms with van der Waals surface area (Å²) >= 11 is 0. The SMILES string of the molecule is Cc1ccc(C)c(C(C)C(C)CN)c1. The van der Waals surface area contributed by atoms with E-state index in [0.717, 1.165) is 6.54 Å². The molecule has 0 spiro atoms. The summed E-state index contributed by atoms with van der Waals surface area (Å²) in [5, 5.41) is 0. The summed E-state index contributed by atoms with van der Waals surface area (Å²) in [5.41, 5.74) is 9.86. The lowest BCUT2D eigenvalue weighted by atomic mass is 9.86. The van der Waals surface area contributed by atoms with E-state index in [9.17, 15) is 0 Å². The Labute approximate surface area is 87.3 Å². The number of benzene rings is 1. The van der Waals surface area contributed by atoms with E-state index in [1.807, 2.05) is 0 Å². The zero-order valence-corrected chi connectivity index (χ0v) is 9.67. The molecule has 0 saturated heterocycles. The summed E-state index contributed by atoms with van der Waals surface area (Å²) in [5.74, 6) is 1.11. The summed E-state index contributed by atoms with van der Waals surface area (Å²) in [6, 6.07) is 6.65. The smallest absolute Gasteiger partial charge is 0.00458 e. The van der Waals surface area contributed by atoms with Gasteiger partial charge in [-0.05, 0) is 43.4 Å². The molecule has 14 heavy (non-hydrogen) atoms. The van der Waals surface area contributed by atoms with Gasteiger partial charge in [0.25, 0.3) is 0 Å². The van der Waals surface area contributed by atoms with Gasteiger partial charge < -0.3 is 5.73 Å². The lowest BCUT2D eigenvalue weighted by Crippen LogP contribution is -2.17. The first kappa shape index (κ1) is 11.3. The Morgan fingerprint density at radius 3 is 2.43 bits per heavy atom. The van der Waals surface area contributed by atoms with Crippen molar-refractivity contribution < 1.29 is 0 Å². The van der Waals surface area contributed by atoms with Gasteiger partial charge in [-0.25, -0.2) is 0 Å². The van der Waals surface area contributed by atoms with Crippen molar-refractivity contribution in [3.8, 4) is 0 Å². The molecule has 2 unspecified atom stereocenters. The quantitative estimate of drug-likeness (QED) is 0.781. The van der Waals surface area contributed by atoms with Crippen LogP contribution in [0.5, 0.6) is 0 Å². The average molecular weight is 191 g/mol. The van der Waals surface area contributed by atoms with Gasteiger partial charge in [0.15, 0.2) is 0 Å². The molecule has 0 aliphatic carbocycles. The summed E-state index contributed by atoms with van der Waals surface area (Å²) in [4.78, 5) is 0. The lowest BCUT2D eigenvalue weighted by molar-refractivity contribution is 0.497. The number of nitrogens with two attached hydrogens (primary N) is 1. The molecular weight excluding hydrogens is 170 g/mol. The highest BCUT2D eigenvalue weighted by Crippen LogP contribution is 2.26. The molecule has 0 radical (unpaired) electrons. The van der Waals surface area contributed by atoms with Crippen LogP contribution < -0.4 is 5.73 Å². The van der Waals surface area contributed by atoms with E-state index in [4.69, 9.17) is 5.73 Å². The van der Waals surface area contributed by atoms with Crippen molar-refractivity contribution in [1.82, 2.24) is 0 Å². The third-order valence-corrected chi connectivity index (χ3v) is 3.15. The molecular formula is C13H21N. The molecule has 2 atom stereocenters. The van der Waals surface area contributed by atoms with Crippen LogP contribution in [-0.2, 0) is 0 Å². The largest absolute Gasteiger partial charge is 0.330 e. The van der Waals surface area contributed by atoms with Crippen molar-refractivity contribution in [3.05, 3.63) is 34.9 Å². The fourth-order valence-corrected chi connectivity index (χ4v) is 1.76. The predicted molar refractivity (Wildman–Crippen MR) is 62.5 cm³/mol. The average Bonchev–Trinajstić information content (AvgIpc) is 2.19. The van der Waals surface area contributed by atoms with Gasteiger partial charge in [-0.15, -0.1) is 0 Å². The van der Waals surface area contributed by atoms with Crippen molar-refractivity contribution in [3.63, 3.8) is 0 Å². The predicted octanol–water partition coefficient (Wildman–Crippen LogP) is 3.00. The Hall–Kier alpha value is -0.820. The third-order valence-electron chi connectivity index (χ3n) is 3.15. The van der Waals surface area contributed by atoms with Crippen molar-refractivity contribution in [2.75, 3.05) is 6.54 Å². The minimum atomic E-state index is 0.551. The molecule has 1 rings (SSSR count). The Kier molecular flexibility index (Phi) is 3.70. The molecule has 0 aliphatic rings. The standard InChI is InChI=1S/C13H21N/c1-9-5-6-10(2)13(7-9)12(4)11(3)8-14/h5-7,11-12H,8,14H2,1-4H3. The number of aryl methyl sites for hydroxylation is 2. The molecule has 1 heteroatoms. The van der Waals surface area contributed by atoms with Crippen LogP contribution in [0.2, 0.25) is 0 Å². The fourth-order valence-electron chi connectivity index (χ4n) is 1.76.